The third-order valence-corrected chi connectivity index (χ3v) is 2.61. The number of hydrogen-bond donors (Lipinski definition) is 2. The van der Waals surface area contributed by atoms with Gasteiger partial charge in [-0.2, -0.15) is 0 Å². The summed E-state index contributed by atoms with van der Waals surface area (Å²) in [5, 5.41) is 3.05. The molecule has 18 heavy (non-hydrogen) atoms. The molecule has 6 heteroatoms. The van der Waals surface area contributed by atoms with Crippen molar-refractivity contribution in [1.29, 1.82) is 0 Å². The lowest BCUT2D eigenvalue weighted by molar-refractivity contribution is 0.627. The summed E-state index contributed by atoms with van der Waals surface area (Å²) < 4.78 is 13.0. The predicted molar refractivity (Wildman–Crippen MR) is 68.3 cm³/mol. The molecule has 0 aliphatic carbocycles. The zero-order valence-electron chi connectivity index (χ0n) is 9.63. The molecule has 0 spiro atoms. The number of hydrogen-bond acceptors (Lipinski definition) is 3. The van der Waals surface area contributed by atoms with Crippen LogP contribution in [0, 0.1) is 12.7 Å². The van der Waals surface area contributed by atoms with E-state index in [1.807, 2.05) is 0 Å². The summed E-state index contributed by atoms with van der Waals surface area (Å²) in [5.74, 6) is 0.546. The van der Waals surface area contributed by atoms with E-state index in [-0.39, 0.29) is 10.6 Å². The first kappa shape index (κ1) is 12.6. The molecular weight excluding hydrogens is 257 g/mol. The highest BCUT2D eigenvalue weighted by Crippen LogP contribution is 2.16. The maximum Gasteiger partial charge on any atom is 0.252 e. The van der Waals surface area contributed by atoms with Crippen molar-refractivity contribution in [2.45, 2.75) is 13.5 Å². The summed E-state index contributed by atoms with van der Waals surface area (Å²) in [4.78, 5) is 17.9. The summed E-state index contributed by atoms with van der Waals surface area (Å²) in [5.41, 5.74) is 0.586. The molecule has 0 saturated heterocycles. The van der Waals surface area contributed by atoms with Crippen molar-refractivity contribution in [3.8, 4) is 0 Å². The minimum atomic E-state index is -0.453. The molecule has 0 atom stereocenters. The van der Waals surface area contributed by atoms with Gasteiger partial charge >= 0.3 is 0 Å². The Labute approximate surface area is 108 Å². The molecule has 0 aliphatic rings. The molecule has 0 unspecified atom stereocenters. The second-order valence-corrected chi connectivity index (χ2v) is 4.23. The van der Waals surface area contributed by atoms with Crippen molar-refractivity contribution in [3.05, 3.63) is 56.8 Å². The van der Waals surface area contributed by atoms with Crippen LogP contribution in [0.1, 0.15) is 11.4 Å². The minimum absolute atomic E-state index is 0.0735. The van der Waals surface area contributed by atoms with Gasteiger partial charge in [0.1, 0.15) is 17.5 Å². The second kappa shape index (κ2) is 5.18. The van der Waals surface area contributed by atoms with Gasteiger partial charge in [0.05, 0.1) is 5.02 Å². The maximum atomic E-state index is 13.0. The Balaban J connectivity index is 2.11. The molecule has 0 aliphatic heterocycles. The minimum Gasteiger partial charge on any atom is -0.366 e. The zero-order chi connectivity index (χ0) is 13.1. The summed E-state index contributed by atoms with van der Waals surface area (Å²) in [7, 11) is 0. The fourth-order valence-electron chi connectivity index (χ4n) is 1.51. The van der Waals surface area contributed by atoms with E-state index in [1.54, 1.807) is 13.0 Å². The number of aromatic nitrogens is 2. The summed E-state index contributed by atoms with van der Waals surface area (Å²) in [6, 6.07) is 5.81. The van der Waals surface area contributed by atoms with Crippen LogP contribution in [0.2, 0.25) is 5.02 Å². The number of halogens is 2. The molecule has 1 aromatic heterocycles. The molecule has 2 aromatic rings. The van der Waals surface area contributed by atoms with Crippen LogP contribution in [0.3, 0.4) is 0 Å². The summed E-state index contributed by atoms with van der Waals surface area (Å²) >= 11 is 5.67. The maximum absolute atomic E-state index is 13.0. The van der Waals surface area contributed by atoms with Crippen LogP contribution in [0.15, 0.2) is 29.1 Å². The first-order valence-electron chi connectivity index (χ1n) is 5.30. The van der Waals surface area contributed by atoms with Crippen molar-refractivity contribution in [3.63, 3.8) is 0 Å². The summed E-state index contributed by atoms with van der Waals surface area (Å²) in [6.45, 7) is 2.11. The second-order valence-electron chi connectivity index (χ2n) is 3.82. The fraction of sp³-hybridized carbons (Fsp3) is 0.167. The summed E-state index contributed by atoms with van der Waals surface area (Å²) in [6.07, 6.45) is 0. The van der Waals surface area contributed by atoms with E-state index in [2.05, 4.69) is 15.3 Å². The molecule has 0 bridgehead atoms. The number of aryl methyl sites for hydroxylation is 1. The number of anilines is 1. The van der Waals surface area contributed by atoms with Gasteiger partial charge in [0.15, 0.2) is 0 Å². The number of benzene rings is 1. The Morgan fingerprint density at radius 2 is 2.22 bits per heavy atom. The van der Waals surface area contributed by atoms with E-state index in [4.69, 9.17) is 11.6 Å². The molecule has 4 nitrogen and oxygen atoms in total. The number of H-pyrrole nitrogens is 1. The Morgan fingerprint density at radius 3 is 2.89 bits per heavy atom. The van der Waals surface area contributed by atoms with Crippen LogP contribution in [-0.4, -0.2) is 9.97 Å². The van der Waals surface area contributed by atoms with Crippen molar-refractivity contribution in [2.75, 3.05) is 5.32 Å². The van der Waals surface area contributed by atoms with Crippen molar-refractivity contribution in [2.24, 2.45) is 0 Å². The molecule has 2 N–H and O–H groups in total. The van der Waals surface area contributed by atoms with E-state index in [0.717, 1.165) is 5.56 Å². The standard InChI is InChI=1S/C12H11ClFN3O/c1-7-16-11(5-12(18)17-7)15-6-8-2-3-10(14)9(13)4-8/h2-5H,6H2,1H3,(H2,15,16,17,18). The Kier molecular flexibility index (Phi) is 3.62. The van der Waals surface area contributed by atoms with E-state index >= 15 is 0 Å². The quantitative estimate of drug-likeness (QED) is 0.898. The largest absolute Gasteiger partial charge is 0.366 e. The van der Waals surface area contributed by atoms with Gasteiger partial charge in [-0.25, -0.2) is 9.37 Å². The number of rotatable bonds is 3. The molecule has 0 radical (unpaired) electrons. The monoisotopic (exact) mass is 267 g/mol. The van der Waals surface area contributed by atoms with Crippen molar-refractivity contribution in [1.82, 2.24) is 9.97 Å². The van der Waals surface area contributed by atoms with Crippen LogP contribution in [0.25, 0.3) is 0 Å². The average molecular weight is 268 g/mol. The van der Waals surface area contributed by atoms with Crippen LogP contribution in [0.4, 0.5) is 10.2 Å². The van der Waals surface area contributed by atoms with Crippen molar-refractivity contribution < 1.29 is 4.39 Å². The van der Waals surface area contributed by atoms with Gasteiger partial charge in [-0.1, -0.05) is 17.7 Å². The third-order valence-electron chi connectivity index (χ3n) is 2.32. The highest BCUT2D eigenvalue weighted by Gasteiger charge is 2.02. The molecule has 94 valence electrons. The molecule has 0 fully saturated rings. The van der Waals surface area contributed by atoms with Gasteiger partial charge in [-0.05, 0) is 24.6 Å². The molecule has 1 heterocycles. The SMILES string of the molecule is Cc1nc(NCc2ccc(F)c(Cl)c2)cc(=O)[nH]1. The molecule has 0 saturated carbocycles. The van der Waals surface area contributed by atoms with Gasteiger partial charge in [0.2, 0.25) is 0 Å². The Hall–Kier alpha value is -1.88. The average Bonchev–Trinajstić information content (AvgIpc) is 2.29. The van der Waals surface area contributed by atoms with E-state index in [9.17, 15) is 9.18 Å². The predicted octanol–water partition coefficient (Wildman–Crippen LogP) is 2.48. The van der Waals surface area contributed by atoms with E-state index in [1.165, 1.54) is 18.2 Å². The highest BCUT2D eigenvalue weighted by atomic mass is 35.5. The van der Waals surface area contributed by atoms with Gasteiger partial charge in [0.25, 0.3) is 5.56 Å². The lowest BCUT2D eigenvalue weighted by Gasteiger charge is -2.06. The fourth-order valence-corrected chi connectivity index (χ4v) is 1.72. The molecule has 0 amide bonds. The first-order valence-corrected chi connectivity index (χ1v) is 5.68. The van der Waals surface area contributed by atoms with Crippen LogP contribution in [-0.2, 0) is 6.54 Å². The third kappa shape index (κ3) is 3.07. The smallest absolute Gasteiger partial charge is 0.252 e. The van der Waals surface area contributed by atoms with E-state index in [0.29, 0.717) is 18.2 Å². The van der Waals surface area contributed by atoms with E-state index < -0.39 is 5.82 Å². The van der Waals surface area contributed by atoms with Crippen molar-refractivity contribution >= 4 is 17.4 Å². The first-order chi connectivity index (χ1) is 8.54. The van der Waals surface area contributed by atoms with Gasteiger partial charge in [-0.3, -0.25) is 4.79 Å². The number of nitrogens with zero attached hydrogens (tertiary/aromatic N) is 1. The zero-order valence-corrected chi connectivity index (χ0v) is 10.4. The molecule has 2 rings (SSSR count). The lowest BCUT2D eigenvalue weighted by atomic mass is 10.2. The topological polar surface area (TPSA) is 57.8 Å². The highest BCUT2D eigenvalue weighted by molar-refractivity contribution is 6.30. The Bertz CT molecular complexity index is 627. The number of nitrogens with one attached hydrogen (secondary N) is 2. The number of aromatic amines is 1. The molecular formula is C12H11ClFN3O. The van der Waals surface area contributed by atoms with Crippen LogP contribution in [0.5, 0.6) is 0 Å². The van der Waals surface area contributed by atoms with Gasteiger partial charge < -0.3 is 10.3 Å². The Morgan fingerprint density at radius 1 is 1.44 bits per heavy atom. The molecule has 1 aromatic carbocycles. The van der Waals surface area contributed by atoms with Gasteiger partial charge in [-0.15, -0.1) is 0 Å². The normalized spacial score (nSPS) is 10.4. The van der Waals surface area contributed by atoms with Crippen LogP contribution >= 0.6 is 11.6 Å². The van der Waals surface area contributed by atoms with Gasteiger partial charge in [0, 0.05) is 12.6 Å². The lowest BCUT2D eigenvalue weighted by Crippen LogP contribution is -2.11. The van der Waals surface area contributed by atoms with Crippen LogP contribution < -0.4 is 10.9 Å².